The van der Waals surface area contributed by atoms with Crippen LogP contribution in [0.3, 0.4) is 0 Å². The molecule has 0 aliphatic carbocycles. The minimum Gasteiger partial charge on any atom is -0.380 e. The normalized spacial score (nSPS) is 21.5. The van der Waals surface area contributed by atoms with E-state index in [1.165, 1.54) is 44.5 Å². The summed E-state index contributed by atoms with van der Waals surface area (Å²) in [4.78, 5) is 0. The smallest absolute Gasteiger partial charge is 0.0717 e. The van der Waals surface area contributed by atoms with Crippen LogP contribution in [0.1, 0.15) is 126 Å². The molecule has 512 valence electrons. The maximum Gasteiger partial charge on any atom is 0.0717 e. The lowest BCUT2D eigenvalue weighted by Gasteiger charge is -2.40. The summed E-state index contributed by atoms with van der Waals surface area (Å²) >= 11 is 0. The van der Waals surface area contributed by atoms with Gasteiger partial charge in [-0.05, 0) is 70.2 Å². The number of benzene rings is 4. The van der Waals surface area contributed by atoms with E-state index in [2.05, 4.69) is 152 Å². The predicted molar refractivity (Wildman–Crippen MR) is 353 cm³/mol. The molecule has 16 nitrogen and oxygen atoms in total. The Kier molecular flexibility index (Phi) is 27.6. The third-order valence-electron chi connectivity index (χ3n) is 19.5. The lowest BCUT2D eigenvalue weighted by atomic mass is 9.84. The molecule has 12 rings (SSSR count). The highest BCUT2D eigenvalue weighted by Gasteiger charge is 2.41. The second kappa shape index (κ2) is 35.0. The lowest BCUT2D eigenvalue weighted by Crippen LogP contribution is -2.45. The second-order valence-corrected chi connectivity index (χ2v) is 29.8. The van der Waals surface area contributed by atoms with E-state index in [-0.39, 0.29) is 43.3 Å². The van der Waals surface area contributed by atoms with Gasteiger partial charge in [0.2, 0.25) is 0 Å². The Morgan fingerprint density at radius 2 is 0.413 bits per heavy atom. The van der Waals surface area contributed by atoms with Crippen molar-refractivity contribution in [1.29, 1.82) is 0 Å². The van der Waals surface area contributed by atoms with E-state index in [1.807, 2.05) is 0 Å². The van der Waals surface area contributed by atoms with Crippen LogP contribution in [0.25, 0.3) is 0 Å². The minimum atomic E-state index is 0.209. The SMILES string of the molecule is CC1(COCc2ccc(COCC3(C)COC3)cc2)COC1.CC1(COCc2cccc(COCC3(C)COC3)c2)COC1.CCC1(COCc2ccc(COCC3(CC)COC3)cc2)COC1.CCC1(COCc2cccc(COCC3(CC)COC3)c2)COC1. The third-order valence-corrected chi connectivity index (χ3v) is 19.5. The minimum absolute atomic E-state index is 0.209. The van der Waals surface area contributed by atoms with Crippen LogP contribution in [0.2, 0.25) is 0 Å². The van der Waals surface area contributed by atoms with Gasteiger partial charge in [-0.1, -0.05) is 152 Å². The fourth-order valence-corrected chi connectivity index (χ4v) is 11.5. The molecule has 0 spiro atoms. The van der Waals surface area contributed by atoms with Crippen LogP contribution in [0, 0.1) is 43.3 Å². The molecule has 8 heterocycles. The molecule has 0 amide bonds. The molecule has 0 bridgehead atoms. The maximum absolute atomic E-state index is 5.94. The van der Waals surface area contributed by atoms with Crippen LogP contribution in [-0.4, -0.2) is 159 Å². The van der Waals surface area contributed by atoms with Crippen LogP contribution < -0.4 is 0 Å². The molecule has 8 fully saturated rings. The van der Waals surface area contributed by atoms with E-state index in [4.69, 9.17) is 75.8 Å². The Bertz CT molecular complexity index is 2540. The van der Waals surface area contributed by atoms with Crippen LogP contribution in [0.15, 0.2) is 97.1 Å². The summed E-state index contributed by atoms with van der Waals surface area (Å²) in [5, 5.41) is 0. The van der Waals surface area contributed by atoms with E-state index < -0.39 is 0 Å². The Morgan fingerprint density at radius 3 is 0.565 bits per heavy atom. The summed E-state index contributed by atoms with van der Waals surface area (Å²) in [7, 11) is 0. The van der Waals surface area contributed by atoms with Crippen molar-refractivity contribution < 1.29 is 75.8 Å². The standard InChI is InChI=1S/2C20H30O4.2C18H26O4/c1-3-19(13-23-14-19)11-21-9-17-5-7-18(8-6-17)10-22-12-20(4-2)15-24-16-20;1-3-19(13-23-14-19)11-21-9-17-6-5-7-18(8-17)10-22-12-20(4-2)15-24-16-20;1-17(11-21-12-17)9-19-7-15-3-5-16(6-4-15)8-20-10-18(2)13-22-14-18;1-17(11-21-12-17)9-19-7-15-4-3-5-16(6-15)8-20-10-18(2)13-22-14-18/h2*5-8H,3-4,9-16H2,1-2H3;2*3-6H,7-14H2,1-2H3. The fourth-order valence-electron chi connectivity index (χ4n) is 11.5. The van der Waals surface area contributed by atoms with Gasteiger partial charge in [0.05, 0.1) is 211 Å². The van der Waals surface area contributed by atoms with Gasteiger partial charge in [0.25, 0.3) is 0 Å². The predicted octanol–water partition coefficient (Wildman–Crippen LogP) is 12.7. The zero-order valence-corrected chi connectivity index (χ0v) is 57.2. The summed E-state index contributed by atoms with van der Waals surface area (Å²) in [6.07, 6.45) is 4.47. The summed E-state index contributed by atoms with van der Waals surface area (Å²) in [5.74, 6) is 0. The maximum atomic E-state index is 5.94. The first-order chi connectivity index (χ1) is 44.5. The van der Waals surface area contributed by atoms with Crippen molar-refractivity contribution in [3.8, 4) is 0 Å². The molecular weight excluding hydrogens is 1170 g/mol. The summed E-state index contributed by atoms with van der Waals surface area (Å²) in [6.45, 7) is 42.2. The molecule has 0 atom stereocenters. The van der Waals surface area contributed by atoms with Gasteiger partial charge >= 0.3 is 0 Å². The topological polar surface area (TPSA) is 148 Å². The Labute approximate surface area is 550 Å². The van der Waals surface area contributed by atoms with Gasteiger partial charge in [-0.15, -0.1) is 0 Å². The number of rotatable bonds is 36. The largest absolute Gasteiger partial charge is 0.380 e. The molecule has 92 heavy (non-hydrogen) atoms. The van der Waals surface area contributed by atoms with E-state index >= 15 is 0 Å². The number of hydrogen-bond acceptors (Lipinski definition) is 16. The van der Waals surface area contributed by atoms with Gasteiger partial charge < -0.3 is 75.8 Å². The zero-order valence-electron chi connectivity index (χ0n) is 57.2. The summed E-state index contributed by atoms with van der Waals surface area (Å²) in [6, 6.07) is 34.0. The summed E-state index contributed by atoms with van der Waals surface area (Å²) in [5.41, 5.74) is 11.5. The molecule has 0 aromatic heterocycles. The average Bonchev–Trinajstić information content (AvgIpc) is 1.01. The first-order valence-electron chi connectivity index (χ1n) is 34.1. The highest BCUT2D eigenvalue weighted by atomic mass is 16.6. The Balaban J connectivity index is 0.000000145. The van der Waals surface area contributed by atoms with Gasteiger partial charge in [0.15, 0.2) is 0 Å². The molecule has 16 heteroatoms. The van der Waals surface area contributed by atoms with Crippen molar-refractivity contribution in [2.24, 2.45) is 43.3 Å². The van der Waals surface area contributed by atoms with Crippen LogP contribution in [0.4, 0.5) is 0 Å². The lowest BCUT2D eigenvalue weighted by molar-refractivity contribution is -0.152. The van der Waals surface area contributed by atoms with Crippen LogP contribution in [-0.2, 0) is 129 Å². The molecule has 0 unspecified atom stereocenters. The van der Waals surface area contributed by atoms with Gasteiger partial charge in [0, 0.05) is 43.3 Å². The first-order valence-corrected chi connectivity index (χ1v) is 34.1. The van der Waals surface area contributed by atoms with Gasteiger partial charge in [-0.3, -0.25) is 0 Å². The zero-order chi connectivity index (χ0) is 64.7. The van der Waals surface area contributed by atoms with Crippen molar-refractivity contribution in [3.05, 3.63) is 142 Å². The fraction of sp³-hybridized carbons (Fsp3) is 0.684. The van der Waals surface area contributed by atoms with E-state index in [0.717, 1.165) is 184 Å². The Hall–Kier alpha value is -3.76. The van der Waals surface area contributed by atoms with Gasteiger partial charge in [-0.2, -0.15) is 0 Å². The highest BCUT2D eigenvalue weighted by Crippen LogP contribution is 2.36. The van der Waals surface area contributed by atoms with Gasteiger partial charge in [0.1, 0.15) is 0 Å². The molecule has 8 aliphatic heterocycles. The monoisotopic (exact) mass is 1280 g/mol. The average molecular weight is 1280 g/mol. The molecule has 4 aromatic rings. The molecule has 0 radical (unpaired) electrons. The first kappa shape index (κ1) is 72.5. The third kappa shape index (κ3) is 22.1. The molecule has 8 aliphatic rings. The molecule has 4 aromatic carbocycles. The molecule has 0 saturated carbocycles. The number of ether oxygens (including phenoxy) is 16. The molecule has 8 saturated heterocycles. The molecular formula is C76H112O16. The van der Waals surface area contributed by atoms with E-state index in [1.54, 1.807) is 0 Å². The van der Waals surface area contributed by atoms with Crippen LogP contribution in [0.5, 0.6) is 0 Å². The summed E-state index contributed by atoms with van der Waals surface area (Å²) < 4.78 is 89.2. The van der Waals surface area contributed by atoms with Crippen LogP contribution >= 0.6 is 0 Å². The van der Waals surface area contributed by atoms with Crippen molar-refractivity contribution in [2.45, 2.75) is 134 Å². The van der Waals surface area contributed by atoms with Crippen molar-refractivity contribution >= 4 is 0 Å². The molecule has 0 N–H and O–H groups in total. The van der Waals surface area contributed by atoms with Gasteiger partial charge in [-0.25, -0.2) is 0 Å². The van der Waals surface area contributed by atoms with Crippen molar-refractivity contribution in [2.75, 3.05) is 159 Å². The highest BCUT2D eigenvalue weighted by molar-refractivity contribution is 5.25. The van der Waals surface area contributed by atoms with E-state index in [0.29, 0.717) is 52.9 Å². The van der Waals surface area contributed by atoms with E-state index in [9.17, 15) is 0 Å². The quantitative estimate of drug-likeness (QED) is 0.0425. The van der Waals surface area contributed by atoms with Crippen molar-refractivity contribution in [1.82, 2.24) is 0 Å². The Morgan fingerprint density at radius 1 is 0.239 bits per heavy atom. The number of hydrogen-bond donors (Lipinski definition) is 0. The van der Waals surface area contributed by atoms with Crippen molar-refractivity contribution in [3.63, 3.8) is 0 Å². The second-order valence-electron chi connectivity index (χ2n) is 29.8.